The van der Waals surface area contributed by atoms with Gasteiger partial charge in [0.1, 0.15) is 11.6 Å². The smallest absolute Gasteiger partial charge is 0.258 e. The monoisotopic (exact) mass is 290 g/mol. The molecular weight excluding hydrogens is 278 g/mol. The predicted molar refractivity (Wildman–Crippen MR) is 74.8 cm³/mol. The van der Waals surface area contributed by atoms with Crippen LogP contribution in [0.4, 0.5) is 14.5 Å². The molecular formula is C15H12F2N2O2. The minimum absolute atomic E-state index is 0.368. The van der Waals surface area contributed by atoms with Crippen LogP contribution < -0.4 is 5.32 Å². The number of amides is 1. The van der Waals surface area contributed by atoms with Crippen molar-refractivity contribution in [2.75, 3.05) is 5.32 Å². The summed E-state index contributed by atoms with van der Waals surface area (Å²) in [6.07, 6.45) is 0. The zero-order valence-corrected chi connectivity index (χ0v) is 11.1. The summed E-state index contributed by atoms with van der Waals surface area (Å²) in [7, 11) is 0. The number of hydrogen-bond acceptors (Lipinski definition) is 3. The molecule has 0 saturated heterocycles. The Labute approximate surface area is 119 Å². The van der Waals surface area contributed by atoms with E-state index in [4.69, 9.17) is 5.21 Å². The Kier molecular flexibility index (Phi) is 4.27. The number of hydrogen-bond donors (Lipinski definition) is 2. The van der Waals surface area contributed by atoms with Crippen LogP contribution in [0.2, 0.25) is 0 Å². The normalized spacial score (nSPS) is 11.3. The fraction of sp³-hybridized carbons (Fsp3) is 0.0667. The molecule has 0 aliphatic carbocycles. The number of carbonyl (C=O) groups is 1. The van der Waals surface area contributed by atoms with Crippen LogP contribution in [0.1, 0.15) is 22.8 Å². The summed E-state index contributed by atoms with van der Waals surface area (Å²) in [5.41, 5.74) is 1.14. The van der Waals surface area contributed by atoms with Gasteiger partial charge in [0.2, 0.25) is 0 Å². The van der Waals surface area contributed by atoms with Crippen LogP contribution in [-0.2, 0) is 0 Å². The standard InChI is InChI=1S/C15H12F2N2O2/c1-9(19-21)10-2-5-12(6-3-10)18-15(20)13-8-11(16)4-7-14(13)17/h2-8,21H,1H3,(H,18,20)/b19-9+. The van der Waals surface area contributed by atoms with Crippen molar-refractivity contribution in [1.82, 2.24) is 0 Å². The summed E-state index contributed by atoms with van der Waals surface area (Å²) in [5, 5.41) is 14.2. The highest BCUT2D eigenvalue weighted by molar-refractivity contribution is 6.05. The molecule has 21 heavy (non-hydrogen) atoms. The van der Waals surface area contributed by atoms with Gasteiger partial charge in [0.15, 0.2) is 0 Å². The Bertz CT molecular complexity index is 697. The maximum absolute atomic E-state index is 13.5. The number of halogens is 2. The Morgan fingerprint density at radius 1 is 1.14 bits per heavy atom. The Morgan fingerprint density at radius 2 is 1.81 bits per heavy atom. The number of benzene rings is 2. The van der Waals surface area contributed by atoms with Gasteiger partial charge in [-0.15, -0.1) is 0 Å². The maximum Gasteiger partial charge on any atom is 0.258 e. The van der Waals surface area contributed by atoms with Gasteiger partial charge in [-0.2, -0.15) is 0 Å². The van der Waals surface area contributed by atoms with Gasteiger partial charge in [0.05, 0.1) is 11.3 Å². The molecule has 0 spiro atoms. The van der Waals surface area contributed by atoms with Gasteiger partial charge in [0.25, 0.3) is 5.91 Å². The van der Waals surface area contributed by atoms with Gasteiger partial charge < -0.3 is 10.5 Å². The Balaban J connectivity index is 2.18. The van der Waals surface area contributed by atoms with Crippen molar-refractivity contribution in [2.45, 2.75) is 6.92 Å². The van der Waals surface area contributed by atoms with E-state index in [1.165, 1.54) is 0 Å². The fourth-order valence-electron chi connectivity index (χ4n) is 1.72. The van der Waals surface area contributed by atoms with Gasteiger partial charge in [-0.3, -0.25) is 4.79 Å². The van der Waals surface area contributed by atoms with Gasteiger partial charge >= 0.3 is 0 Å². The molecule has 2 aromatic rings. The topological polar surface area (TPSA) is 61.7 Å². The second-order valence-electron chi connectivity index (χ2n) is 4.34. The second-order valence-corrected chi connectivity index (χ2v) is 4.34. The molecule has 0 aliphatic heterocycles. The van der Waals surface area contributed by atoms with Gasteiger partial charge in [-0.05, 0) is 42.8 Å². The minimum Gasteiger partial charge on any atom is -0.411 e. The summed E-state index contributed by atoms with van der Waals surface area (Å²) >= 11 is 0. The average Bonchev–Trinajstić information content (AvgIpc) is 2.49. The summed E-state index contributed by atoms with van der Waals surface area (Å²) < 4.78 is 26.5. The number of anilines is 1. The van der Waals surface area contributed by atoms with E-state index in [2.05, 4.69) is 10.5 Å². The molecule has 2 aromatic carbocycles. The van der Waals surface area contributed by atoms with Crippen LogP contribution in [0.25, 0.3) is 0 Å². The lowest BCUT2D eigenvalue weighted by Crippen LogP contribution is -2.14. The first-order valence-corrected chi connectivity index (χ1v) is 6.07. The van der Waals surface area contributed by atoms with Crippen LogP contribution >= 0.6 is 0 Å². The average molecular weight is 290 g/mol. The zero-order valence-electron chi connectivity index (χ0n) is 11.1. The third-order valence-electron chi connectivity index (χ3n) is 2.88. The van der Waals surface area contributed by atoms with Crippen molar-refractivity contribution >= 4 is 17.3 Å². The lowest BCUT2D eigenvalue weighted by molar-refractivity contribution is 0.102. The number of nitrogens with zero attached hydrogens (tertiary/aromatic N) is 1. The SMILES string of the molecule is C/C(=N\O)c1ccc(NC(=O)c2cc(F)ccc2F)cc1. The van der Waals surface area contributed by atoms with Crippen molar-refractivity contribution in [3.8, 4) is 0 Å². The third kappa shape index (κ3) is 3.42. The molecule has 2 rings (SSSR count). The first-order chi connectivity index (χ1) is 10.0. The van der Waals surface area contributed by atoms with E-state index in [0.29, 0.717) is 17.0 Å². The highest BCUT2D eigenvalue weighted by atomic mass is 19.1. The van der Waals surface area contributed by atoms with Gasteiger partial charge in [-0.25, -0.2) is 8.78 Å². The van der Waals surface area contributed by atoms with Crippen molar-refractivity contribution in [1.29, 1.82) is 0 Å². The molecule has 0 bridgehead atoms. The van der Waals surface area contributed by atoms with Crippen molar-refractivity contribution in [3.63, 3.8) is 0 Å². The highest BCUT2D eigenvalue weighted by Gasteiger charge is 2.13. The zero-order chi connectivity index (χ0) is 15.4. The molecule has 0 saturated carbocycles. The van der Waals surface area contributed by atoms with Gasteiger partial charge in [-0.1, -0.05) is 17.3 Å². The molecule has 6 heteroatoms. The maximum atomic E-state index is 13.5. The highest BCUT2D eigenvalue weighted by Crippen LogP contribution is 2.15. The molecule has 0 atom stereocenters. The molecule has 0 aliphatic rings. The van der Waals surface area contributed by atoms with Gasteiger partial charge in [0, 0.05) is 5.69 Å². The lowest BCUT2D eigenvalue weighted by atomic mass is 10.1. The molecule has 0 fully saturated rings. The lowest BCUT2D eigenvalue weighted by Gasteiger charge is -2.07. The van der Waals surface area contributed by atoms with E-state index < -0.39 is 17.5 Å². The largest absolute Gasteiger partial charge is 0.411 e. The van der Waals surface area contributed by atoms with E-state index in [1.807, 2.05) is 0 Å². The predicted octanol–water partition coefficient (Wildman–Crippen LogP) is 3.42. The van der Waals surface area contributed by atoms with Crippen molar-refractivity contribution in [2.24, 2.45) is 5.16 Å². The number of nitrogens with one attached hydrogen (secondary N) is 1. The summed E-state index contributed by atoms with van der Waals surface area (Å²) in [5.74, 6) is -2.23. The Morgan fingerprint density at radius 3 is 2.43 bits per heavy atom. The minimum atomic E-state index is -0.797. The van der Waals surface area contributed by atoms with Crippen LogP contribution in [0.5, 0.6) is 0 Å². The molecule has 0 radical (unpaired) electrons. The van der Waals surface area contributed by atoms with Crippen LogP contribution in [0.3, 0.4) is 0 Å². The number of carbonyl (C=O) groups excluding carboxylic acids is 1. The molecule has 0 aromatic heterocycles. The van der Waals surface area contributed by atoms with E-state index >= 15 is 0 Å². The second kappa shape index (κ2) is 6.13. The van der Waals surface area contributed by atoms with E-state index in [-0.39, 0.29) is 5.56 Å². The van der Waals surface area contributed by atoms with Crippen LogP contribution in [0.15, 0.2) is 47.6 Å². The molecule has 1 amide bonds. The van der Waals surface area contributed by atoms with E-state index in [9.17, 15) is 13.6 Å². The molecule has 108 valence electrons. The molecule has 0 unspecified atom stereocenters. The molecule has 0 heterocycles. The van der Waals surface area contributed by atoms with Crippen molar-refractivity contribution in [3.05, 3.63) is 65.2 Å². The summed E-state index contributed by atoms with van der Waals surface area (Å²) in [6, 6.07) is 9.07. The van der Waals surface area contributed by atoms with E-state index in [0.717, 1.165) is 18.2 Å². The summed E-state index contributed by atoms with van der Waals surface area (Å²) in [6.45, 7) is 1.62. The van der Waals surface area contributed by atoms with Crippen LogP contribution in [-0.4, -0.2) is 16.8 Å². The fourth-order valence-corrected chi connectivity index (χ4v) is 1.72. The van der Waals surface area contributed by atoms with Crippen molar-refractivity contribution < 1.29 is 18.8 Å². The summed E-state index contributed by atoms with van der Waals surface area (Å²) in [4.78, 5) is 11.9. The van der Waals surface area contributed by atoms with Crippen LogP contribution in [0, 0.1) is 11.6 Å². The molecule has 2 N–H and O–H groups in total. The van der Waals surface area contributed by atoms with E-state index in [1.54, 1.807) is 31.2 Å². The number of rotatable bonds is 3. The Hall–Kier alpha value is -2.76. The number of oxime groups is 1. The third-order valence-corrected chi connectivity index (χ3v) is 2.88. The molecule has 4 nitrogen and oxygen atoms in total. The first-order valence-electron chi connectivity index (χ1n) is 6.07. The quantitative estimate of drug-likeness (QED) is 0.517. The first kappa shape index (κ1) is 14.6.